The van der Waals surface area contributed by atoms with Gasteiger partial charge in [0.2, 0.25) is 5.91 Å². The smallest absolute Gasteiger partial charge is 0.262 e. The summed E-state index contributed by atoms with van der Waals surface area (Å²) < 4.78 is 10.6. The van der Waals surface area contributed by atoms with Crippen LogP contribution in [0.4, 0.5) is 11.4 Å². The Labute approximate surface area is 134 Å². The third-order valence-electron chi connectivity index (χ3n) is 3.33. The second kappa shape index (κ2) is 7.44. The largest absolute Gasteiger partial charge is 0.482 e. The minimum absolute atomic E-state index is 0. The number of morpholine rings is 1. The maximum absolute atomic E-state index is 12.0. The number of nitrogens with one attached hydrogen (secondary N) is 3. The molecule has 2 amide bonds. The maximum atomic E-state index is 12.0. The number of hydrogen-bond donors (Lipinski definition) is 3. The van der Waals surface area contributed by atoms with E-state index in [1.54, 1.807) is 18.2 Å². The number of amides is 2. The second-order valence-electron chi connectivity index (χ2n) is 5.03. The van der Waals surface area contributed by atoms with Gasteiger partial charge >= 0.3 is 0 Å². The van der Waals surface area contributed by atoms with E-state index in [1.165, 1.54) is 0 Å². The quantitative estimate of drug-likeness (QED) is 0.762. The zero-order chi connectivity index (χ0) is 14.7. The summed E-state index contributed by atoms with van der Waals surface area (Å²) in [4.78, 5) is 23.2. The molecular weight excluding hydrogens is 310 g/mol. The molecule has 3 N–H and O–H groups in total. The third-order valence-corrected chi connectivity index (χ3v) is 3.33. The van der Waals surface area contributed by atoms with Crippen molar-refractivity contribution in [1.29, 1.82) is 0 Å². The highest BCUT2D eigenvalue weighted by atomic mass is 35.5. The van der Waals surface area contributed by atoms with Crippen LogP contribution in [0.1, 0.15) is 6.42 Å². The number of halogens is 1. The summed E-state index contributed by atoms with van der Waals surface area (Å²) in [5.74, 6) is 0.298. The number of benzene rings is 1. The van der Waals surface area contributed by atoms with Crippen LogP contribution in [0.15, 0.2) is 18.2 Å². The second-order valence-corrected chi connectivity index (χ2v) is 5.03. The normalized spacial score (nSPS) is 20.0. The molecule has 7 nitrogen and oxygen atoms in total. The Morgan fingerprint density at radius 2 is 2.27 bits per heavy atom. The first-order valence-electron chi connectivity index (χ1n) is 6.88. The van der Waals surface area contributed by atoms with Crippen molar-refractivity contribution in [2.75, 3.05) is 37.0 Å². The molecule has 3 rings (SSSR count). The Kier molecular flexibility index (Phi) is 5.59. The van der Waals surface area contributed by atoms with Gasteiger partial charge in [-0.05, 0) is 12.1 Å². The molecule has 0 aliphatic carbocycles. The van der Waals surface area contributed by atoms with Crippen LogP contribution in [0.2, 0.25) is 0 Å². The molecule has 22 heavy (non-hydrogen) atoms. The molecule has 1 unspecified atom stereocenters. The zero-order valence-corrected chi connectivity index (χ0v) is 12.7. The van der Waals surface area contributed by atoms with Gasteiger partial charge in [0, 0.05) is 30.8 Å². The van der Waals surface area contributed by atoms with Gasteiger partial charge in [-0.3, -0.25) is 9.59 Å². The summed E-state index contributed by atoms with van der Waals surface area (Å²) in [7, 11) is 0. The van der Waals surface area contributed by atoms with Gasteiger partial charge in [-0.15, -0.1) is 12.4 Å². The Morgan fingerprint density at radius 3 is 3.05 bits per heavy atom. The minimum atomic E-state index is -0.178. The van der Waals surface area contributed by atoms with Crippen LogP contribution in [0.25, 0.3) is 0 Å². The van der Waals surface area contributed by atoms with E-state index in [0.717, 1.165) is 6.54 Å². The monoisotopic (exact) mass is 327 g/mol. The lowest BCUT2D eigenvalue weighted by Crippen LogP contribution is -2.43. The average molecular weight is 328 g/mol. The summed E-state index contributed by atoms with van der Waals surface area (Å²) in [5, 5.41) is 8.76. The van der Waals surface area contributed by atoms with E-state index in [1.807, 2.05) is 0 Å². The Balaban J connectivity index is 0.00000176. The summed E-state index contributed by atoms with van der Waals surface area (Å²) in [6.07, 6.45) is 0.356. The van der Waals surface area contributed by atoms with Gasteiger partial charge in [-0.2, -0.15) is 0 Å². The van der Waals surface area contributed by atoms with Crippen LogP contribution in [0.5, 0.6) is 5.75 Å². The van der Waals surface area contributed by atoms with Crippen LogP contribution in [0, 0.1) is 0 Å². The lowest BCUT2D eigenvalue weighted by Gasteiger charge is -2.23. The Hall–Kier alpha value is -1.83. The first kappa shape index (κ1) is 16.5. The molecule has 1 aromatic carbocycles. The molecule has 1 aromatic rings. The number of hydrogen-bond acceptors (Lipinski definition) is 5. The summed E-state index contributed by atoms with van der Waals surface area (Å²) in [6.45, 7) is 2.00. The molecule has 1 fully saturated rings. The van der Waals surface area contributed by atoms with E-state index in [4.69, 9.17) is 9.47 Å². The van der Waals surface area contributed by atoms with Crippen LogP contribution in [-0.4, -0.2) is 44.2 Å². The lowest BCUT2D eigenvalue weighted by atomic mass is 10.2. The summed E-state index contributed by atoms with van der Waals surface area (Å²) in [6, 6.07) is 5.20. The van der Waals surface area contributed by atoms with E-state index in [-0.39, 0.29) is 36.9 Å². The first-order valence-corrected chi connectivity index (χ1v) is 6.88. The van der Waals surface area contributed by atoms with Crippen molar-refractivity contribution >= 4 is 35.6 Å². The highest BCUT2D eigenvalue weighted by Gasteiger charge is 2.19. The third kappa shape index (κ3) is 4.09. The zero-order valence-electron chi connectivity index (χ0n) is 11.9. The van der Waals surface area contributed by atoms with Crippen molar-refractivity contribution in [3.05, 3.63) is 18.2 Å². The SMILES string of the molecule is Cl.O=C(CC1COCCN1)Nc1ccc2c(c1)OCC(=O)N2. The molecule has 0 bridgehead atoms. The van der Waals surface area contributed by atoms with Gasteiger partial charge in [0.25, 0.3) is 5.91 Å². The maximum Gasteiger partial charge on any atom is 0.262 e. The summed E-state index contributed by atoms with van der Waals surface area (Å²) >= 11 is 0. The molecule has 1 saturated heterocycles. The van der Waals surface area contributed by atoms with E-state index >= 15 is 0 Å². The highest BCUT2D eigenvalue weighted by molar-refractivity contribution is 5.97. The van der Waals surface area contributed by atoms with Crippen LogP contribution in [-0.2, 0) is 14.3 Å². The molecule has 0 aromatic heterocycles. The first-order chi connectivity index (χ1) is 10.2. The molecule has 0 radical (unpaired) electrons. The average Bonchev–Trinajstić information content (AvgIpc) is 2.48. The topological polar surface area (TPSA) is 88.7 Å². The van der Waals surface area contributed by atoms with E-state index in [0.29, 0.717) is 36.8 Å². The van der Waals surface area contributed by atoms with Gasteiger partial charge in [0.15, 0.2) is 6.61 Å². The molecule has 8 heteroatoms. The standard InChI is InChI=1S/C14H17N3O4.ClH/c18-13(6-10-7-20-4-3-15-10)16-9-1-2-11-12(5-9)21-8-14(19)17-11;/h1-2,5,10,15H,3-4,6-8H2,(H,16,18)(H,17,19);1H. The van der Waals surface area contributed by atoms with E-state index in [9.17, 15) is 9.59 Å². The minimum Gasteiger partial charge on any atom is -0.482 e. The highest BCUT2D eigenvalue weighted by Crippen LogP contribution is 2.30. The molecule has 2 heterocycles. The van der Waals surface area contributed by atoms with Gasteiger partial charge < -0.3 is 25.4 Å². The van der Waals surface area contributed by atoms with Crippen molar-refractivity contribution in [2.24, 2.45) is 0 Å². The predicted octanol–water partition coefficient (Wildman–Crippen LogP) is 0.756. The van der Waals surface area contributed by atoms with Crippen molar-refractivity contribution < 1.29 is 19.1 Å². The lowest BCUT2D eigenvalue weighted by molar-refractivity contribution is -0.119. The molecule has 2 aliphatic heterocycles. The van der Waals surface area contributed by atoms with Crippen molar-refractivity contribution in [2.45, 2.75) is 12.5 Å². The van der Waals surface area contributed by atoms with Crippen molar-refractivity contribution in [1.82, 2.24) is 5.32 Å². The fourth-order valence-electron chi connectivity index (χ4n) is 2.34. The van der Waals surface area contributed by atoms with Crippen LogP contribution >= 0.6 is 12.4 Å². The van der Waals surface area contributed by atoms with Gasteiger partial charge in [-0.1, -0.05) is 0 Å². The van der Waals surface area contributed by atoms with Gasteiger partial charge in [0.1, 0.15) is 5.75 Å². The Bertz CT molecular complexity index is 561. The van der Waals surface area contributed by atoms with Crippen molar-refractivity contribution in [3.63, 3.8) is 0 Å². The Morgan fingerprint density at radius 1 is 1.41 bits per heavy atom. The van der Waals surface area contributed by atoms with Gasteiger partial charge in [-0.25, -0.2) is 0 Å². The van der Waals surface area contributed by atoms with Crippen LogP contribution < -0.4 is 20.7 Å². The number of rotatable bonds is 3. The van der Waals surface area contributed by atoms with E-state index < -0.39 is 0 Å². The number of ether oxygens (including phenoxy) is 2. The molecule has 120 valence electrons. The summed E-state index contributed by atoms with van der Waals surface area (Å²) in [5.41, 5.74) is 1.26. The van der Waals surface area contributed by atoms with E-state index in [2.05, 4.69) is 16.0 Å². The molecule has 2 aliphatic rings. The number of carbonyl (C=O) groups excluding carboxylic acids is 2. The number of carbonyl (C=O) groups is 2. The van der Waals surface area contributed by atoms with Crippen LogP contribution in [0.3, 0.4) is 0 Å². The molecule has 0 spiro atoms. The predicted molar refractivity (Wildman–Crippen MR) is 83.7 cm³/mol. The molecular formula is C14H18ClN3O4. The molecule has 0 saturated carbocycles. The fourth-order valence-corrected chi connectivity index (χ4v) is 2.34. The number of fused-ring (bicyclic) bond motifs is 1. The van der Waals surface area contributed by atoms with Gasteiger partial charge in [0.05, 0.1) is 18.9 Å². The molecule has 1 atom stereocenters. The number of anilines is 2. The van der Waals surface area contributed by atoms with Crippen molar-refractivity contribution in [3.8, 4) is 5.75 Å². The fraction of sp³-hybridized carbons (Fsp3) is 0.429.